The second-order valence-electron chi connectivity index (χ2n) is 6.49. The molecular formula is C20H20N2O3S. The first-order valence-corrected chi connectivity index (χ1v) is 9.51. The number of carbonyl (C=O) groups is 2. The fourth-order valence-corrected chi connectivity index (χ4v) is 4.11. The minimum atomic E-state index is -0.0290. The van der Waals surface area contributed by atoms with Crippen LogP contribution in [0.1, 0.15) is 23.2 Å². The number of fused-ring (bicyclic) bond motifs is 2. The van der Waals surface area contributed by atoms with Gasteiger partial charge in [0.1, 0.15) is 0 Å². The molecule has 2 aromatic rings. The number of amides is 2. The maximum atomic E-state index is 13.1. The molecule has 134 valence electrons. The Labute approximate surface area is 156 Å². The van der Waals surface area contributed by atoms with Crippen molar-refractivity contribution in [3.63, 3.8) is 0 Å². The number of hydrogen-bond donors (Lipinski definition) is 1. The fraction of sp³-hybridized carbons (Fsp3) is 0.300. The Bertz CT molecular complexity index is 864. The third kappa shape index (κ3) is 3.34. The summed E-state index contributed by atoms with van der Waals surface area (Å²) in [6.45, 7) is 0.934. The van der Waals surface area contributed by atoms with Gasteiger partial charge in [-0.15, -0.1) is 0 Å². The van der Waals surface area contributed by atoms with E-state index < -0.39 is 0 Å². The van der Waals surface area contributed by atoms with Gasteiger partial charge in [0, 0.05) is 35.1 Å². The molecule has 0 aromatic heterocycles. The van der Waals surface area contributed by atoms with E-state index in [2.05, 4.69) is 5.32 Å². The van der Waals surface area contributed by atoms with E-state index in [1.807, 2.05) is 42.5 Å². The number of rotatable bonds is 5. The van der Waals surface area contributed by atoms with Crippen LogP contribution < -0.4 is 10.2 Å². The van der Waals surface area contributed by atoms with Crippen LogP contribution in [-0.2, 0) is 9.53 Å². The number of hydrogen-bond acceptors (Lipinski definition) is 4. The van der Waals surface area contributed by atoms with E-state index in [4.69, 9.17) is 4.74 Å². The average molecular weight is 368 g/mol. The van der Waals surface area contributed by atoms with Crippen LogP contribution in [0.15, 0.2) is 52.3 Å². The molecule has 1 aliphatic heterocycles. The highest BCUT2D eigenvalue weighted by molar-refractivity contribution is 7.99. The van der Waals surface area contributed by atoms with Crippen LogP contribution >= 0.6 is 11.8 Å². The molecule has 0 bridgehead atoms. The number of nitrogens with zero attached hydrogens (tertiary/aromatic N) is 1. The molecular weight excluding hydrogens is 348 g/mol. The number of methoxy groups -OCH3 is 1. The summed E-state index contributed by atoms with van der Waals surface area (Å²) < 4.78 is 5.19. The third-order valence-electron chi connectivity index (χ3n) is 4.57. The number of ether oxygens (including phenoxy) is 1. The van der Waals surface area contributed by atoms with Gasteiger partial charge < -0.3 is 15.0 Å². The zero-order valence-electron chi connectivity index (χ0n) is 14.5. The van der Waals surface area contributed by atoms with Crippen LogP contribution in [0.25, 0.3) is 0 Å². The first-order chi connectivity index (χ1) is 12.7. The van der Waals surface area contributed by atoms with E-state index in [9.17, 15) is 9.59 Å². The summed E-state index contributed by atoms with van der Waals surface area (Å²) in [4.78, 5) is 28.7. The molecule has 1 saturated carbocycles. The number of benzene rings is 2. The van der Waals surface area contributed by atoms with Gasteiger partial charge in [-0.05, 0) is 43.2 Å². The van der Waals surface area contributed by atoms with E-state index in [0.29, 0.717) is 18.7 Å². The molecule has 0 radical (unpaired) electrons. The topological polar surface area (TPSA) is 58.6 Å². The lowest BCUT2D eigenvalue weighted by molar-refractivity contribution is -0.117. The highest BCUT2D eigenvalue weighted by Gasteiger charge is 2.30. The molecule has 2 aromatic carbocycles. The Balaban J connectivity index is 1.72. The molecule has 0 unspecified atom stereocenters. The predicted molar refractivity (Wildman–Crippen MR) is 102 cm³/mol. The lowest BCUT2D eigenvalue weighted by Crippen LogP contribution is -2.33. The van der Waals surface area contributed by atoms with Crippen molar-refractivity contribution in [2.24, 2.45) is 5.92 Å². The second kappa shape index (κ2) is 7.13. The first-order valence-electron chi connectivity index (χ1n) is 8.70. The summed E-state index contributed by atoms with van der Waals surface area (Å²) in [7, 11) is 1.63. The summed E-state index contributed by atoms with van der Waals surface area (Å²) in [5.74, 6) is 0.205. The van der Waals surface area contributed by atoms with Gasteiger partial charge in [-0.2, -0.15) is 0 Å². The second-order valence-corrected chi connectivity index (χ2v) is 7.58. The zero-order chi connectivity index (χ0) is 18.1. The highest BCUT2D eigenvalue weighted by Crippen LogP contribution is 2.42. The molecule has 0 saturated heterocycles. The SMILES string of the molecule is COCCN1C(=O)c2ccccc2Sc2cc(NC(=O)C3CC3)ccc21. The smallest absolute Gasteiger partial charge is 0.259 e. The van der Waals surface area contributed by atoms with E-state index in [0.717, 1.165) is 34.0 Å². The molecule has 2 amide bonds. The lowest BCUT2D eigenvalue weighted by atomic mass is 10.1. The van der Waals surface area contributed by atoms with Gasteiger partial charge in [-0.25, -0.2) is 0 Å². The lowest BCUT2D eigenvalue weighted by Gasteiger charge is -2.23. The molecule has 1 heterocycles. The van der Waals surface area contributed by atoms with Crippen molar-refractivity contribution in [1.82, 2.24) is 0 Å². The van der Waals surface area contributed by atoms with Crippen LogP contribution in [0, 0.1) is 5.92 Å². The van der Waals surface area contributed by atoms with Crippen molar-refractivity contribution < 1.29 is 14.3 Å². The van der Waals surface area contributed by atoms with Crippen LogP contribution in [0.2, 0.25) is 0 Å². The molecule has 1 fully saturated rings. The normalized spacial score (nSPS) is 15.9. The maximum absolute atomic E-state index is 13.1. The van der Waals surface area contributed by atoms with Gasteiger partial charge in [-0.1, -0.05) is 23.9 Å². The molecule has 0 spiro atoms. The Kier molecular flexibility index (Phi) is 4.70. The van der Waals surface area contributed by atoms with Crippen LogP contribution in [0.4, 0.5) is 11.4 Å². The van der Waals surface area contributed by atoms with Gasteiger partial charge in [0.15, 0.2) is 0 Å². The summed E-state index contributed by atoms with van der Waals surface area (Å²) in [6, 6.07) is 13.3. The highest BCUT2D eigenvalue weighted by atomic mass is 32.2. The number of carbonyl (C=O) groups excluding carboxylic acids is 2. The van der Waals surface area contributed by atoms with Crippen LogP contribution in [0.5, 0.6) is 0 Å². The Hall–Kier alpha value is -2.31. The maximum Gasteiger partial charge on any atom is 0.259 e. The Morgan fingerprint density at radius 2 is 2.04 bits per heavy atom. The van der Waals surface area contributed by atoms with Gasteiger partial charge in [0.25, 0.3) is 5.91 Å². The summed E-state index contributed by atoms with van der Waals surface area (Å²) in [5.41, 5.74) is 2.30. The van der Waals surface area contributed by atoms with E-state index in [1.165, 1.54) is 0 Å². The summed E-state index contributed by atoms with van der Waals surface area (Å²) in [6.07, 6.45) is 1.94. The largest absolute Gasteiger partial charge is 0.383 e. The minimum Gasteiger partial charge on any atom is -0.383 e. The molecule has 1 N–H and O–H groups in total. The zero-order valence-corrected chi connectivity index (χ0v) is 15.3. The Morgan fingerprint density at radius 1 is 1.23 bits per heavy atom. The molecule has 2 aliphatic rings. The van der Waals surface area contributed by atoms with E-state index in [1.54, 1.807) is 23.8 Å². The van der Waals surface area contributed by atoms with Gasteiger partial charge >= 0.3 is 0 Å². The van der Waals surface area contributed by atoms with Crippen molar-refractivity contribution in [3.8, 4) is 0 Å². The number of nitrogens with one attached hydrogen (secondary N) is 1. The third-order valence-corrected chi connectivity index (χ3v) is 5.69. The molecule has 1 aliphatic carbocycles. The average Bonchev–Trinajstić information content (AvgIpc) is 3.49. The van der Waals surface area contributed by atoms with Gasteiger partial charge in [0.05, 0.1) is 17.9 Å². The van der Waals surface area contributed by atoms with Crippen molar-refractivity contribution in [1.29, 1.82) is 0 Å². The molecule has 0 atom stereocenters. The standard InChI is InChI=1S/C20H20N2O3S/c1-25-11-10-22-16-9-8-14(21-19(23)13-6-7-13)12-18(16)26-17-5-3-2-4-15(17)20(22)24/h2-5,8-9,12-13H,6-7,10-11H2,1H3,(H,21,23). The van der Waals surface area contributed by atoms with E-state index >= 15 is 0 Å². The Morgan fingerprint density at radius 3 is 2.81 bits per heavy atom. The van der Waals surface area contributed by atoms with Gasteiger partial charge in [0.2, 0.25) is 5.91 Å². The summed E-state index contributed by atoms with van der Waals surface area (Å²) >= 11 is 1.55. The van der Waals surface area contributed by atoms with Crippen molar-refractivity contribution in [2.75, 3.05) is 30.5 Å². The first kappa shape index (κ1) is 17.1. The quantitative estimate of drug-likeness (QED) is 0.872. The van der Waals surface area contributed by atoms with Crippen LogP contribution in [-0.4, -0.2) is 32.1 Å². The van der Waals surface area contributed by atoms with Crippen LogP contribution in [0.3, 0.4) is 0 Å². The van der Waals surface area contributed by atoms with Gasteiger partial charge in [-0.3, -0.25) is 9.59 Å². The molecule has 6 heteroatoms. The van der Waals surface area contributed by atoms with E-state index in [-0.39, 0.29) is 17.7 Å². The van der Waals surface area contributed by atoms with Crippen molar-refractivity contribution in [3.05, 3.63) is 48.0 Å². The monoisotopic (exact) mass is 368 g/mol. The molecule has 26 heavy (non-hydrogen) atoms. The van der Waals surface area contributed by atoms with Crippen molar-refractivity contribution >= 4 is 35.0 Å². The predicted octanol–water partition coefficient (Wildman–Crippen LogP) is 3.79. The van der Waals surface area contributed by atoms with Crippen molar-refractivity contribution in [2.45, 2.75) is 22.6 Å². The fourth-order valence-electron chi connectivity index (χ4n) is 3.00. The number of anilines is 2. The minimum absolute atomic E-state index is 0.0290. The molecule has 4 rings (SSSR count). The summed E-state index contributed by atoms with van der Waals surface area (Å²) in [5, 5.41) is 2.99. The molecule has 5 nitrogen and oxygen atoms in total.